The van der Waals surface area contributed by atoms with E-state index in [2.05, 4.69) is 10.3 Å². The number of primary amides is 1. The van der Waals surface area contributed by atoms with Gasteiger partial charge in [-0.2, -0.15) is 0 Å². The molecule has 8 nitrogen and oxygen atoms in total. The number of nitrogens with zero attached hydrogens (tertiary/aromatic N) is 1. The fraction of sp³-hybridized carbons (Fsp3) is 0.150. The van der Waals surface area contributed by atoms with Crippen LogP contribution in [0, 0.1) is 0 Å². The van der Waals surface area contributed by atoms with E-state index in [1.165, 1.54) is 0 Å². The van der Waals surface area contributed by atoms with Crippen LogP contribution >= 0.6 is 11.8 Å². The first-order chi connectivity index (χ1) is 14.0. The maximum atomic E-state index is 11.9. The third kappa shape index (κ3) is 5.52. The predicted molar refractivity (Wildman–Crippen MR) is 112 cm³/mol. The van der Waals surface area contributed by atoms with Crippen molar-refractivity contribution in [2.75, 3.05) is 20.8 Å². The van der Waals surface area contributed by atoms with Crippen LogP contribution < -0.4 is 25.3 Å². The van der Waals surface area contributed by atoms with Gasteiger partial charge in [-0.15, -0.1) is 0 Å². The Morgan fingerprint density at radius 2 is 1.76 bits per heavy atom. The van der Waals surface area contributed by atoms with E-state index in [1.54, 1.807) is 56.7 Å². The number of hydrogen-bond acceptors (Lipinski definition) is 7. The van der Waals surface area contributed by atoms with Crippen LogP contribution in [0.3, 0.4) is 0 Å². The first-order valence-corrected chi connectivity index (χ1v) is 9.32. The molecule has 0 saturated carbocycles. The molecule has 0 aliphatic carbocycles. The molecule has 0 spiro atoms. The van der Waals surface area contributed by atoms with E-state index in [1.807, 2.05) is 6.08 Å². The van der Waals surface area contributed by atoms with Crippen LogP contribution in [0.25, 0.3) is 6.08 Å². The fourth-order valence-electron chi connectivity index (χ4n) is 2.47. The number of nitrogens with one attached hydrogen (secondary N) is 1. The molecule has 29 heavy (non-hydrogen) atoms. The van der Waals surface area contributed by atoms with Crippen molar-refractivity contribution in [1.82, 2.24) is 5.32 Å². The highest BCUT2D eigenvalue weighted by atomic mass is 32.2. The minimum absolute atomic E-state index is 0.185. The lowest BCUT2D eigenvalue weighted by Gasteiger charge is -2.07. The second-order valence-corrected chi connectivity index (χ2v) is 6.89. The molecule has 2 aromatic carbocycles. The van der Waals surface area contributed by atoms with Crippen LogP contribution in [0.15, 0.2) is 52.4 Å². The van der Waals surface area contributed by atoms with Crippen molar-refractivity contribution in [3.8, 4) is 17.2 Å². The van der Waals surface area contributed by atoms with E-state index in [0.29, 0.717) is 33.7 Å². The largest absolute Gasteiger partial charge is 0.497 e. The van der Waals surface area contributed by atoms with Crippen molar-refractivity contribution in [3.05, 3.63) is 52.9 Å². The Morgan fingerprint density at radius 1 is 1.10 bits per heavy atom. The van der Waals surface area contributed by atoms with E-state index >= 15 is 0 Å². The molecule has 150 valence electrons. The van der Waals surface area contributed by atoms with Crippen molar-refractivity contribution < 1.29 is 23.8 Å². The van der Waals surface area contributed by atoms with Crippen LogP contribution in [0.4, 0.5) is 10.5 Å². The first-order valence-electron chi connectivity index (χ1n) is 8.50. The number of nitrogens with two attached hydrogens (primary N) is 1. The number of methoxy groups -OCH3 is 2. The van der Waals surface area contributed by atoms with Gasteiger partial charge in [0.2, 0.25) is 0 Å². The molecule has 1 saturated heterocycles. The molecular formula is C20H19N3O5S. The lowest BCUT2D eigenvalue weighted by Crippen LogP contribution is -2.19. The number of ether oxygens (including phenoxy) is 3. The van der Waals surface area contributed by atoms with Crippen molar-refractivity contribution >= 4 is 40.5 Å². The van der Waals surface area contributed by atoms with Crippen LogP contribution in [-0.2, 0) is 4.79 Å². The molecule has 1 fully saturated rings. The number of carbonyl (C=O) groups excluding carboxylic acids is 2. The van der Waals surface area contributed by atoms with Gasteiger partial charge in [0, 0.05) is 18.2 Å². The standard InChI is InChI=1S/C20H19N3O5S/c1-26-15-8-13(9-16(10-15)27-2)22-19-17(29-20(25)23-19)7-12-3-5-14(6-4-12)28-11-18(21)24/h3-10H,11H2,1-2H3,(H2,21,24)(H,22,23,25). The smallest absolute Gasteiger partial charge is 0.289 e. The van der Waals surface area contributed by atoms with Crippen molar-refractivity contribution in [2.45, 2.75) is 0 Å². The summed E-state index contributed by atoms with van der Waals surface area (Å²) in [6.07, 6.45) is 1.83. The van der Waals surface area contributed by atoms with E-state index in [-0.39, 0.29) is 11.8 Å². The number of hydrogen-bond donors (Lipinski definition) is 2. The number of aliphatic imine (C=N–C) groups is 1. The second-order valence-electron chi connectivity index (χ2n) is 5.88. The molecule has 9 heteroatoms. The van der Waals surface area contributed by atoms with Gasteiger partial charge in [0.25, 0.3) is 11.1 Å². The quantitative estimate of drug-likeness (QED) is 0.721. The zero-order valence-corrected chi connectivity index (χ0v) is 16.6. The molecule has 0 radical (unpaired) electrons. The highest BCUT2D eigenvalue weighted by Gasteiger charge is 2.23. The minimum atomic E-state index is -0.543. The number of benzene rings is 2. The summed E-state index contributed by atoms with van der Waals surface area (Å²) < 4.78 is 15.7. The van der Waals surface area contributed by atoms with E-state index in [4.69, 9.17) is 19.9 Å². The maximum absolute atomic E-state index is 11.9. The number of amidine groups is 1. The highest BCUT2D eigenvalue weighted by Crippen LogP contribution is 2.32. The van der Waals surface area contributed by atoms with Gasteiger partial charge in [0.15, 0.2) is 6.61 Å². The molecular weight excluding hydrogens is 394 g/mol. The predicted octanol–water partition coefficient (Wildman–Crippen LogP) is 3.10. The fourth-order valence-corrected chi connectivity index (χ4v) is 3.20. The van der Waals surface area contributed by atoms with E-state index < -0.39 is 5.91 Å². The molecule has 0 aromatic heterocycles. The third-order valence-corrected chi connectivity index (χ3v) is 4.61. The summed E-state index contributed by atoms with van der Waals surface area (Å²) in [6.45, 7) is -0.185. The number of amides is 2. The summed E-state index contributed by atoms with van der Waals surface area (Å²) in [6, 6.07) is 12.3. The second kappa shape index (κ2) is 9.16. The normalized spacial score (nSPS) is 16.0. The summed E-state index contributed by atoms with van der Waals surface area (Å²) in [4.78, 5) is 27.9. The molecule has 1 aliphatic rings. The van der Waals surface area contributed by atoms with Crippen LogP contribution in [0.1, 0.15) is 5.56 Å². The van der Waals surface area contributed by atoms with Gasteiger partial charge in [-0.25, -0.2) is 4.99 Å². The lowest BCUT2D eigenvalue weighted by molar-refractivity contribution is -0.119. The summed E-state index contributed by atoms with van der Waals surface area (Å²) in [7, 11) is 3.11. The molecule has 2 amide bonds. The molecule has 1 heterocycles. The van der Waals surface area contributed by atoms with Gasteiger partial charge >= 0.3 is 0 Å². The van der Waals surface area contributed by atoms with Crippen molar-refractivity contribution in [2.24, 2.45) is 10.7 Å². The summed E-state index contributed by atoms with van der Waals surface area (Å²) in [5, 5.41) is 2.52. The summed E-state index contributed by atoms with van der Waals surface area (Å²) in [5.74, 6) is 1.61. The Kier molecular flexibility index (Phi) is 6.40. The average Bonchev–Trinajstić information content (AvgIpc) is 3.05. The maximum Gasteiger partial charge on any atom is 0.289 e. The topological polar surface area (TPSA) is 112 Å². The van der Waals surface area contributed by atoms with Gasteiger partial charge in [0.1, 0.15) is 23.1 Å². The SMILES string of the molecule is COc1cc(N=C2NC(=O)SC2=Cc2ccc(OCC(N)=O)cc2)cc(OC)c1. The monoisotopic (exact) mass is 413 g/mol. The highest BCUT2D eigenvalue weighted by molar-refractivity contribution is 8.18. The Balaban J connectivity index is 1.86. The average molecular weight is 413 g/mol. The van der Waals surface area contributed by atoms with E-state index in [9.17, 15) is 9.59 Å². The van der Waals surface area contributed by atoms with E-state index in [0.717, 1.165) is 17.3 Å². The van der Waals surface area contributed by atoms with Gasteiger partial charge in [-0.05, 0) is 35.5 Å². The number of thioether (sulfide) groups is 1. The molecule has 0 atom stereocenters. The Bertz CT molecular complexity index is 964. The van der Waals surface area contributed by atoms with Gasteiger partial charge in [-0.1, -0.05) is 12.1 Å². The Hall–Kier alpha value is -3.46. The molecule has 1 aliphatic heterocycles. The Morgan fingerprint density at radius 3 is 2.34 bits per heavy atom. The molecule has 3 N–H and O–H groups in total. The van der Waals surface area contributed by atoms with Gasteiger partial charge < -0.3 is 25.3 Å². The first kappa shape index (κ1) is 20.3. The van der Waals surface area contributed by atoms with Crippen molar-refractivity contribution in [3.63, 3.8) is 0 Å². The minimum Gasteiger partial charge on any atom is -0.497 e. The summed E-state index contributed by atoms with van der Waals surface area (Å²) >= 11 is 1.05. The zero-order valence-electron chi connectivity index (χ0n) is 15.8. The van der Waals surface area contributed by atoms with Crippen LogP contribution in [0.5, 0.6) is 17.2 Å². The summed E-state index contributed by atoms with van der Waals surface area (Å²) in [5.41, 5.74) is 6.49. The van der Waals surface area contributed by atoms with Crippen molar-refractivity contribution in [1.29, 1.82) is 0 Å². The Labute approximate surface area is 171 Å². The molecule has 2 aromatic rings. The zero-order chi connectivity index (χ0) is 20.8. The number of rotatable bonds is 7. The lowest BCUT2D eigenvalue weighted by atomic mass is 10.2. The van der Waals surface area contributed by atoms with Crippen LogP contribution in [-0.4, -0.2) is 37.8 Å². The van der Waals surface area contributed by atoms with Gasteiger partial charge in [-0.3, -0.25) is 9.59 Å². The van der Waals surface area contributed by atoms with Gasteiger partial charge in [0.05, 0.1) is 24.8 Å². The van der Waals surface area contributed by atoms with Crippen LogP contribution in [0.2, 0.25) is 0 Å². The number of carbonyl (C=O) groups is 2. The third-order valence-electron chi connectivity index (χ3n) is 3.79. The molecule has 3 rings (SSSR count). The molecule has 0 unspecified atom stereocenters. The molecule has 0 bridgehead atoms.